The summed E-state index contributed by atoms with van der Waals surface area (Å²) in [5.41, 5.74) is 0.334. The zero-order chi connectivity index (χ0) is 14.6. The summed E-state index contributed by atoms with van der Waals surface area (Å²) in [7, 11) is 0. The Labute approximate surface area is 116 Å². The molecule has 3 unspecified atom stereocenters. The largest absolute Gasteiger partial charge is 0.481 e. The van der Waals surface area contributed by atoms with Crippen LogP contribution in [0.3, 0.4) is 0 Å². The smallest absolute Gasteiger partial charge is 0.306 e. The minimum Gasteiger partial charge on any atom is -0.481 e. The quantitative estimate of drug-likeness (QED) is 0.794. The van der Waals surface area contributed by atoms with Crippen LogP contribution in [0.25, 0.3) is 0 Å². The third kappa shape index (κ3) is 4.96. The van der Waals surface area contributed by atoms with Crippen LogP contribution in [0.1, 0.15) is 66.2 Å². The predicted octanol–water partition coefficient (Wildman–Crippen LogP) is 3.91. The summed E-state index contributed by atoms with van der Waals surface area (Å²) in [4.78, 5) is 22.5. The number of aliphatic carboxylic acids is 1. The molecule has 0 spiro atoms. The number of hydrogen-bond donors (Lipinski definition) is 1. The first-order chi connectivity index (χ1) is 8.73. The first-order valence-corrected chi connectivity index (χ1v) is 7.45. The minimum atomic E-state index is -0.739. The van der Waals surface area contributed by atoms with Crippen molar-refractivity contribution < 1.29 is 14.7 Å². The monoisotopic (exact) mass is 268 g/mol. The standard InChI is InChI=1S/C16H28O3/c1-11(17)7-8-14(15(18)19)12(2)13-6-5-9-16(3,4)10-13/h12-14H,5-10H2,1-4H3,(H,18,19). The molecule has 0 aliphatic heterocycles. The van der Waals surface area contributed by atoms with Crippen LogP contribution in [0.2, 0.25) is 0 Å². The number of rotatable bonds is 6. The number of Topliss-reactive ketones (excluding diaryl/α,β-unsaturated/α-hetero) is 1. The normalized spacial score (nSPS) is 25.6. The van der Waals surface area contributed by atoms with Crippen LogP contribution in [0.5, 0.6) is 0 Å². The first kappa shape index (κ1) is 16.2. The summed E-state index contributed by atoms with van der Waals surface area (Å²) in [6.07, 6.45) is 5.55. The SMILES string of the molecule is CC(=O)CCC(C(=O)O)C(C)C1CCCC(C)(C)C1. The van der Waals surface area contributed by atoms with Crippen LogP contribution >= 0.6 is 0 Å². The Morgan fingerprint density at radius 2 is 2.00 bits per heavy atom. The van der Waals surface area contributed by atoms with Gasteiger partial charge in [-0.25, -0.2) is 0 Å². The number of ketones is 1. The molecule has 0 radical (unpaired) electrons. The van der Waals surface area contributed by atoms with Crippen molar-refractivity contribution in [3.63, 3.8) is 0 Å². The summed E-state index contributed by atoms with van der Waals surface area (Å²) < 4.78 is 0. The summed E-state index contributed by atoms with van der Waals surface area (Å²) in [5, 5.41) is 9.41. The fourth-order valence-electron chi connectivity index (χ4n) is 3.50. The van der Waals surface area contributed by atoms with E-state index in [1.54, 1.807) is 0 Å². The van der Waals surface area contributed by atoms with E-state index in [0.717, 1.165) is 12.8 Å². The molecule has 0 heterocycles. The molecule has 0 aromatic heterocycles. The Morgan fingerprint density at radius 1 is 1.37 bits per heavy atom. The van der Waals surface area contributed by atoms with E-state index < -0.39 is 5.97 Å². The molecular weight excluding hydrogens is 240 g/mol. The van der Waals surface area contributed by atoms with Gasteiger partial charge in [0.2, 0.25) is 0 Å². The molecule has 19 heavy (non-hydrogen) atoms. The maximum atomic E-state index is 11.4. The van der Waals surface area contributed by atoms with E-state index in [9.17, 15) is 14.7 Å². The van der Waals surface area contributed by atoms with Gasteiger partial charge in [-0.05, 0) is 43.4 Å². The number of carboxylic acids is 1. The third-order valence-corrected chi connectivity index (χ3v) is 4.75. The van der Waals surface area contributed by atoms with Crippen molar-refractivity contribution >= 4 is 11.8 Å². The van der Waals surface area contributed by atoms with Crippen LogP contribution in [0.15, 0.2) is 0 Å². The second-order valence-electron chi connectivity index (χ2n) is 7.07. The number of carboxylic acid groups (broad SMARTS) is 1. The molecule has 3 nitrogen and oxygen atoms in total. The van der Waals surface area contributed by atoms with Gasteiger partial charge in [0.1, 0.15) is 5.78 Å². The first-order valence-electron chi connectivity index (χ1n) is 7.45. The van der Waals surface area contributed by atoms with Gasteiger partial charge in [-0.3, -0.25) is 4.79 Å². The topological polar surface area (TPSA) is 54.4 Å². The van der Waals surface area contributed by atoms with Crippen LogP contribution < -0.4 is 0 Å². The molecule has 0 saturated heterocycles. The average Bonchev–Trinajstić information content (AvgIpc) is 2.26. The van der Waals surface area contributed by atoms with Crippen molar-refractivity contribution in [3.8, 4) is 0 Å². The van der Waals surface area contributed by atoms with Crippen molar-refractivity contribution in [2.45, 2.75) is 66.2 Å². The minimum absolute atomic E-state index is 0.0856. The lowest BCUT2D eigenvalue weighted by atomic mass is 9.65. The molecule has 0 bridgehead atoms. The second-order valence-corrected chi connectivity index (χ2v) is 7.07. The average molecular weight is 268 g/mol. The number of hydrogen-bond acceptors (Lipinski definition) is 2. The van der Waals surface area contributed by atoms with E-state index in [4.69, 9.17) is 0 Å². The van der Waals surface area contributed by atoms with Gasteiger partial charge in [0.15, 0.2) is 0 Å². The second kappa shape index (κ2) is 6.53. The third-order valence-electron chi connectivity index (χ3n) is 4.75. The number of carbonyl (C=O) groups excluding carboxylic acids is 1. The van der Waals surface area contributed by atoms with Gasteiger partial charge in [-0.2, -0.15) is 0 Å². The fourth-order valence-corrected chi connectivity index (χ4v) is 3.50. The van der Waals surface area contributed by atoms with Crippen LogP contribution in [0, 0.1) is 23.2 Å². The summed E-state index contributed by atoms with van der Waals surface area (Å²) in [6, 6.07) is 0. The molecule has 1 rings (SSSR count). The zero-order valence-electron chi connectivity index (χ0n) is 12.7. The van der Waals surface area contributed by atoms with Gasteiger partial charge in [0.05, 0.1) is 5.92 Å². The molecule has 3 atom stereocenters. The van der Waals surface area contributed by atoms with Crippen molar-refractivity contribution in [3.05, 3.63) is 0 Å². The molecule has 0 amide bonds. The Balaban J connectivity index is 2.67. The highest BCUT2D eigenvalue weighted by Gasteiger charge is 2.36. The Morgan fingerprint density at radius 3 is 2.47 bits per heavy atom. The highest BCUT2D eigenvalue weighted by Crippen LogP contribution is 2.43. The van der Waals surface area contributed by atoms with Gasteiger partial charge in [0.25, 0.3) is 0 Å². The molecule has 0 aromatic carbocycles. The Bertz CT molecular complexity index is 333. The van der Waals surface area contributed by atoms with Crippen molar-refractivity contribution in [2.24, 2.45) is 23.2 Å². The van der Waals surface area contributed by atoms with Crippen molar-refractivity contribution in [1.29, 1.82) is 0 Å². The van der Waals surface area contributed by atoms with Crippen LogP contribution in [-0.4, -0.2) is 16.9 Å². The van der Waals surface area contributed by atoms with Crippen molar-refractivity contribution in [2.75, 3.05) is 0 Å². The van der Waals surface area contributed by atoms with E-state index >= 15 is 0 Å². The molecule has 1 aliphatic carbocycles. The molecular formula is C16H28O3. The number of carbonyl (C=O) groups is 2. The van der Waals surface area contributed by atoms with Crippen LogP contribution in [0.4, 0.5) is 0 Å². The lowest BCUT2D eigenvalue weighted by Gasteiger charge is -2.39. The van der Waals surface area contributed by atoms with Gasteiger partial charge in [-0.1, -0.05) is 33.6 Å². The highest BCUT2D eigenvalue weighted by atomic mass is 16.4. The lowest BCUT2D eigenvalue weighted by molar-refractivity contribution is -0.145. The molecule has 110 valence electrons. The molecule has 1 N–H and O–H groups in total. The van der Waals surface area contributed by atoms with Gasteiger partial charge in [-0.15, -0.1) is 0 Å². The maximum Gasteiger partial charge on any atom is 0.306 e. The van der Waals surface area contributed by atoms with E-state index in [1.807, 2.05) is 0 Å². The summed E-state index contributed by atoms with van der Waals surface area (Å²) in [5.74, 6) is -0.379. The summed E-state index contributed by atoms with van der Waals surface area (Å²) >= 11 is 0. The van der Waals surface area contributed by atoms with Crippen LogP contribution in [-0.2, 0) is 9.59 Å². The van der Waals surface area contributed by atoms with Crippen molar-refractivity contribution in [1.82, 2.24) is 0 Å². The fraction of sp³-hybridized carbons (Fsp3) is 0.875. The molecule has 3 heteroatoms. The molecule has 1 fully saturated rings. The van der Waals surface area contributed by atoms with E-state index in [1.165, 1.54) is 19.8 Å². The summed E-state index contributed by atoms with van der Waals surface area (Å²) in [6.45, 7) is 8.15. The molecule has 0 aromatic rings. The lowest BCUT2D eigenvalue weighted by Crippen LogP contribution is -2.33. The zero-order valence-corrected chi connectivity index (χ0v) is 12.7. The van der Waals surface area contributed by atoms with E-state index in [-0.39, 0.29) is 17.6 Å². The van der Waals surface area contributed by atoms with E-state index in [0.29, 0.717) is 24.2 Å². The van der Waals surface area contributed by atoms with Gasteiger partial charge < -0.3 is 9.90 Å². The van der Waals surface area contributed by atoms with E-state index in [2.05, 4.69) is 20.8 Å². The highest BCUT2D eigenvalue weighted by molar-refractivity contribution is 5.77. The maximum absolute atomic E-state index is 11.4. The molecule has 1 saturated carbocycles. The molecule has 1 aliphatic rings. The van der Waals surface area contributed by atoms with Gasteiger partial charge in [0, 0.05) is 6.42 Å². The van der Waals surface area contributed by atoms with Gasteiger partial charge >= 0.3 is 5.97 Å². The Hall–Kier alpha value is -0.860. The Kier molecular flexibility index (Phi) is 5.57. The predicted molar refractivity (Wildman–Crippen MR) is 75.9 cm³/mol.